The molecule has 1 heterocycles. The molecule has 2 aromatic carbocycles. The molecule has 33 heavy (non-hydrogen) atoms. The largest absolute Gasteiger partial charge is 0.457 e. The Kier molecular flexibility index (Phi) is 7.74. The highest BCUT2D eigenvalue weighted by molar-refractivity contribution is 5.85. The molecule has 2 aromatic rings. The zero-order chi connectivity index (χ0) is 24.2. The number of benzene rings is 2. The number of hydrogen-bond acceptors (Lipinski definition) is 6. The minimum absolute atomic E-state index is 0.323. The zero-order valence-electron chi connectivity index (χ0n) is 20.0. The van der Waals surface area contributed by atoms with Crippen LogP contribution in [-0.2, 0) is 25.6 Å². The maximum absolute atomic E-state index is 13.7. The van der Waals surface area contributed by atoms with Crippen LogP contribution in [-0.4, -0.2) is 54.2 Å². The average Bonchev–Trinajstić information content (AvgIpc) is 2.73. The first-order chi connectivity index (χ1) is 15.5. The lowest BCUT2D eigenvalue weighted by atomic mass is 10.1. The fourth-order valence-corrected chi connectivity index (χ4v) is 3.94. The molecule has 0 spiro atoms. The van der Waals surface area contributed by atoms with Crippen LogP contribution in [0.5, 0.6) is 0 Å². The van der Waals surface area contributed by atoms with Crippen molar-refractivity contribution in [3.8, 4) is 0 Å². The summed E-state index contributed by atoms with van der Waals surface area (Å²) >= 11 is 0. The predicted octanol–water partition coefficient (Wildman–Crippen LogP) is 4.10. The van der Waals surface area contributed by atoms with Crippen LogP contribution in [0.25, 0.3) is 0 Å². The molecule has 0 N–H and O–H groups in total. The number of carbonyl (C=O) groups is 2. The molecule has 2 atom stereocenters. The van der Waals surface area contributed by atoms with Gasteiger partial charge in [0.25, 0.3) is 0 Å². The number of rotatable bonds is 6. The molecule has 0 amide bonds. The minimum Gasteiger partial charge on any atom is -0.457 e. The quantitative estimate of drug-likeness (QED) is 0.610. The summed E-state index contributed by atoms with van der Waals surface area (Å²) in [5.74, 6) is -1.41. The summed E-state index contributed by atoms with van der Waals surface area (Å²) in [4.78, 5) is 29.8. The third-order valence-corrected chi connectivity index (χ3v) is 5.49. The van der Waals surface area contributed by atoms with Crippen molar-refractivity contribution >= 4 is 17.6 Å². The van der Waals surface area contributed by atoms with Crippen molar-refractivity contribution < 1.29 is 23.5 Å². The fraction of sp³-hybridized carbons (Fsp3) is 0.462. The van der Waals surface area contributed by atoms with Crippen LogP contribution in [0.15, 0.2) is 48.5 Å². The second-order valence-corrected chi connectivity index (χ2v) is 9.47. The highest BCUT2D eigenvalue weighted by Crippen LogP contribution is 2.27. The third-order valence-electron chi connectivity index (χ3n) is 5.49. The number of esters is 2. The molecule has 2 unspecified atom stereocenters. The number of halogens is 1. The Labute approximate surface area is 195 Å². The van der Waals surface area contributed by atoms with Gasteiger partial charge < -0.3 is 14.4 Å². The lowest BCUT2D eigenvalue weighted by Crippen LogP contribution is -2.57. The van der Waals surface area contributed by atoms with Gasteiger partial charge in [-0.1, -0.05) is 30.3 Å². The summed E-state index contributed by atoms with van der Waals surface area (Å²) in [7, 11) is 0. The maximum atomic E-state index is 13.7. The first-order valence-electron chi connectivity index (χ1n) is 11.3. The molecule has 0 aliphatic carbocycles. The molecular weight excluding hydrogens is 423 g/mol. The molecule has 6 nitrogen and oxygen atoms in total. The van der Waals surface area contributed by atoms with E-state index in [1.807, 2.05) is 30.0 Å². The van der Waals surface area contributed by atoms with E-state index in [0.29, 0.717) is 19.6 Å². The summed E-state index contributed by atoms with van der Waals surface area (Å²) in [5, 5.41) is 0. The lowest BCUT2D eigenvalue weighted by Gasteiger charge is -2.42. The molecular formula is C26H33FN2O4. The van der Waals surface area contributed by atoms with E-state index in [9.17, 15) is 14.0 Å². The van der Waals surface area contributed by atoms with Crippen molar-refractivity contribution in [2.24, 2.45) is 0 Å². The first-order valence-corrected chi connectivity index (χ1v) is 11.3. The standard InChI is InChI=1S/C26H33FN2O4/c1-18-15-21(27)11-12-22(18)29-14-13-28(16-20-9-7-6-8-10-20)17-23(29)25(31)32-19(2)24(30)33-26(3,4)5/h6-12,15,19,23H,13-14,16-17H2,1-5H3. The topological polar surface area (TPSA) is 59.1 Å². The van der Waals surface area contributed by atoms with E-state index in [-0.39, 0.29) is 5.82 Å². The molecule has 1 saturated heterocycles. The van der Waals surface area contributed by atoms with Crippen molar-refractivity contribution in [1.29, 1.82) is 0 Å². The molecule has 0 saturated carbocycles. The number of nitrogens with zero attached hydrogens (tertiary/aromatic N) is 2. The highest BCUT2D eigenvalue weighted by atomic mass is 19.1. The number of aryl methyl sites for hydroxylation is 1. The van der Waals surface area contributed by atoms with Gasteiger partial charge in [0.1, 0.15) is 17.5 Å². The Hall–Kier alpha value is -2.93. The van der Waals surface area contributed by atoms with E-state index in [4.69, 9.17) is 9.47 Å². The molecule has 7 heteroatoms. The van der Waals surface area contributed by atoms with Gasteiger partial charge in [-0.05, 0) is 63.9 Å². The minimum atomic E-state index is -1.03. The van der Waals surface area contributed by atoms with Crippen molar-refractivity contribution in [3.05, 3.63) is 65.5 Å². The summed E-state index contributed by atoms with van der Waals surface area (Å²) < 4.78 is 24.6. The molecule has 178 valence electrons. The molecule has 1 fully saturated rings. The van der Waals surface area contributed by atoms with Crippen molar-refractivity contribution in [2.45, 2.75) is 58.9 Å². The van der Waals surface area contributed by atoms with Crippen LogP contribution >= 0.6 is 0 Å². The van der Waals surface area contributed by atoms with Crippen LogP contribution < -0.4 is 4.90 Å². The van der Waals surface area contributed by atoms with Crippen molar-refractivity contribution in [3.63, 3.8) is 0 Å². The van der Waals surface area contributed by atoms with E-state index >= 15 is 0 Å². The Morgan fingerprint density at radius 1 is 1.12 bits per heavy atom. The number of piperazine rings is 1. The Bertz CT molecular complexity index is 974. The van der Waals surface area contributed by atoms with Crippen LogP contribution in [0.4, 0.5) is 10.1 Å². The maximum Gasteiger partial charge on any atom is 0.347 e. The van der Waals surface area contributed by atoms with Gasteiger partial charge in [-0.25, -0.2) is 14.0 Å². The Morgan fingerprint density at radius 2 is 1.82 bits per heavy atom. The number of anilines is 1. The summed E-state index contributed by atoms with van der Waals surface area (Å²) in [5.41, 5.74) is 2.00. The van der Waals surface area contributed by atoms with Crippen molar-refractivity contribution in [1.82, 2.24) is 4.90 Å². The summed E-state index contributed by atoms with van der Waals surface area (Å²) in [6, 6.07) is 13.9. The van der Waals surface area contributed by atoms with Gasteiger partial charge in [0.05, 0.1) is 0 Å². The van der Waals surface area contributed by atoms with Crippen molar-refractivity contribution in [2.75, 3.05) is 24.5 Å². The Morgan fingerprint density at radius 3 is 2.45 bits per heavy atom. The second kappa shape index (κ2) is 10.3. The van der Waals surface area contributed by atoms with Crippen LogP contribution in [0, 0.1) is 12.7 Å². The predicted molar refractivity (Wildman–Crippen MR) is 125 cm³/mol. The van der Waals surface area contributed by atoms with E-state index in [1.165, 1.54) is 19.1 Å². The smallest absolute Gasteiger partial charge is 0.347 e. The van der Waals surface area contributed by atoms with E-state index in [0.717, 1.165) is 23.4 Å². The van der Waals surface area contributed by atoms with Gasteiger partial charge in [0.15, 0.2) is 6.10 Å². The molecule has 0 aromatic heterocycles. The molecule has 1 aliphatic heterocycles. The molecule has 3 rings (SSSR count). The number of ether oxygens (including phenoxy) is 2. The van der Waals surface area contributed by atoms with E-state index in [1.54, 1.807) is 26.8 Å². The number of carbonyl (C=O) groups excluding carboxylic acids is 2. The monoisotopic (exact) mass is 456 g/mol. The van der Waals surface area contributed by atoms with Gasteiger partial charge in [0.2, 0.25) is 0 Å². The highest BCUT2D eigenvalue weighted by Gasteiger charge is 2.36. The fourth-order valence-electron chi connectivity index (χ4n) is 3.94. The SMILES string of the molecule is Cc1cc(F)ccc1N1CCN(Cc2ccccc2)CC1C(=O)OC(C)C(=O)OC(C)(C)C. The van der Waals surface area contributed by atoms with Crippen LogP contribution in [0.2, 0.25) is 0 Å². The van der Waals surface area contributed by atoms with Gasteiger partial charge in [-0.3, -0.25) is 4.90 Å². The third kappa shape index (κ3) is 6.78. The zero-order valence-corrected chi connectivity index (χ0v) is 20.0. The van der Waals surface area contributed by atoms with E-state index < -0.39 is 29.7 Å². The molecule has 0 radical (unpaired) electrons. The first kappa shape index (κ1) is 24.7. The average molecular weight is 457 g/mol. The lowest BCUT2D eigenvalue weighted by molar-refractivity contribution is -0.175. The van der Waals surface area contributed by atoms with Gasteiger partial charge in [-0.15, -0.1) is 0 Å². The molecule has 0 bridgehead atoms. The summed E-state index contributed by atoms with van der Waals surface area (Å²) in [6.07, 6.45) is -1.03. The van der Waals surface area contributed by atoms with Gasteiger partial charge in [-0.2, -0.15) is 0 Å². The second-order valence-electron chi connectivity index (χ2n) is 9.47. The molecule has 1 aliphatic rings. The summed E-state index contributed by atoms with van der Waals surface area (Å²) in [6.45, 7) is 11.1. The normalized spacial score (nSPS) is 18.0. The van der Waals surface area contributed by atoms with Gasteiger partial charge in [0, 0.05) is 31.9 Å². The van der Waals surface area contributed by atoms with E-state index in [2.05, 4.69) is 17.0 Å². The van der Waals surface area contributed by atoms with Crippen LogP contribution in [0.3, 0.4) is 0 Å². The Balaban J connectivity index is 1.80. The number of hydrogen-bond donors (Lipinski definition) is 0. The van der Waals surface area contributed by atoms with Crippen LogP contribution in [0.1, 0.15) is 38.8 Å². The van der Waals surface area contributed by atoms with Gasteiger partial charge >= 0.3 is 11.9 Å².